The highest BCUT2D eigenvalue weighted by molar-refractivity contribution is 7.09. The number of alkyl halides is 1. The molecular formula is C13H13ClN2S. The summed E-state index contributed by atoms with van der Waals surface area (Å²) in [5.41, 5.74) is 2.70. The molecule has 0 spiro atoms. The third-order valence-electron chi connectivity index (χ3n) is 3.12. The van der Waals surface area contributed by atoms with Gasteiger partial charge in [0.05, 0.1) is 5.38 Å². The Morgan fingerprint density at radius 2 is 2.29 bits per heavy atom. The molecule has 1 aliphatic rings. The summed E-state index contributed by atoms with van der Waals surface area (Å²) in [6.07, 6.45) is 2.79. The molecule has 88 valence electrons. The van der Waals surface area contributed by atoms with Gasteiger partial charge in [-0.1, -0.05) is 24.3 Å². The molecule has 0 saturated heterocycles. The normalized spacial score (nSPS) is 22.6. The molecule has 0 radical (unpaired) electrons. The van der Waals surface area contributed by atoms with Crippen LogP contribution < -0.4 is 5.32 Å². The summed E-state index contributed by atoms with van der Waals surface area (Å²) in [5.74, 6) is 0. The molecule has 3 rings (SSSR count). The fraction of sp³-hybridized carbons (Fsp3) is 0.308. The van der Waals surface area contributed by atoms with E-state index in [0.717, 1.165) is 18.0 Å². The van der Waals surface area contributed by atoms with E-state index < -0.39 is 0 Å². The van der Waals surface area contributed by atoms with E-state index in [1.807, 2.05) is 11.6 Å². The van der Waals surface area contributed by atoms with Gasteiger partial charge in [0.15, 0.2) is 0 Å². The number of halogens is 1. The number of thiazole rings is 1. The molecule has 0 saturated carbocycles. The molecule has 17 heavy (non-hydrogen) atoms. The zero-order valence-electron chi connectivity index (χ0n) is 9.27. The van der Waals surface area contributed by atoms with Crippen LogP contribution in [0.2, 0.25) is 0 Å². The van der Waals surface area contributed by atoms with Crippen LogP contribution in [0.5, 0.6) is 0 Å². The number of fused-ring (bicyclic) bond motifs is 1. The third-order valence-corrected chi connectivity index (χ3v) is 4.31. The largest absolute Gasteiger partial charge is 0.302 e. The molecule has 1 heterocycles. The summed E-state index contributed by atoms with van der Waals surface area (Å²) in [6.45, 7) is 0.792. The molecule has 0 amide bonds. The monoisotopic (exact) mass is 264 g/mol. The second-order valence-electron chi connectivity index (χ2n) is 4.20. The SMILES string of the molecule is ClC1Cc2ccccc2C1NCc1nccs1. The molecule has 2 nitrogen and oxygen atoms in total. The van der Waals surface area contributed by atoms with Crippen LogP contribution in [0.1, 0.15) is 22.2 Å². The van der Waals surface area contributed by atoms with Gasteiger partial charge < -0.3 is 5.32 Å². The van der Waals surface area contributed by atoms with Crippen LogP contribution >= 0.6 is 22.9 Å². The van der Waals surface area contributed by atoms with Crippen molar-refractivity contribution in [3.05, 3.63) is 52.0 Å². The van der Waals surface area contributed by atoms with Gasteiger partial charge in [-0.2, -0.15) is 0 Å². The number of benzene rings is 1. The van der Waals surface area contributed by atoms with Gasteiger partial charge in [-0.3, -0.25) is 0 Å². The van der Waals surface area contributed by atoms with Crippen molar-refractivity contribution in [2.45, 2.75) is 24.4 Å². The lowest BCUT2D eigenvalue weighted by Gasteiger charge is -2.16. The average Bonchev–Trinajstić information content (AvgIpc) is 2.93. The van der Waals surface area contributed by atoms with Gasteiger partial charge >= 0.3 is 0 Å². The maximum atomic E-state index is 6.40. The maximum absolute atomic E-state index is 6.40. The summed E-state index contributed by atoms with van der Waals surface area (Å²) in [5, 5.41) is 6.76. The van der Waals surface area contributed by atoms with E-state index in [1.165, 1.54) is 11.1 Å². The van der Waals surface area contributed by atoms with Crippen LogP contribution in [0.25, 0.3) is 0 Å². The van der Waals surface area contributed by atoms with Crippen molar-refractivity contribution in [1.82, 2.24) is 10.3 Å². The number of rotatable bonds is 3. The number of aromatic nitrogens is 1. The van der Waals surface area contributed by atoms with Crippen LogP contribution in [-0.2, 0) is 13.0 Å². The Balaban J connectivity index is 1.75. The van der Waals surface area contributed by atoms with Gasteiger partial charge in [-0.15, -0.1) is 22.9 Å². The molecular weight excluding hydrogens is 252 g/mol. The van der Waals surface area contributed by atoms with E-state index in [9.17, 15) is 0 Å². The van der Waals surface area contributed by atoms with Crippen molar-refractivity contribution in [1.29, 1.82) is 0 Å². The molecule has 2 atom stereocenters. The quantitative estimate of drug-likeness (QED) is 0.862. The Morgan fingerprint density at radius 1 is 1.41 bits per heavy atom. The molecule has 0 aliphatic heterocycles. The second-order valence-corrected chi connectivity index (χ2v) is 5.74. The molecule has 2 unspecified atom stereocenters. The van der Waals surface area contributed by atoms with Gasteiger partial charge in [0, 0.05) is 24.2 Å². The molecule has 0 bridgehead atoms. The summed E-state index contributed by atoms with van der Waals surface area (Å²) < 4.78 is 0. The van der Waals surface area contributed by atoms with E-state index in [-0.39, 0.29) is 11.4 Å². The van der Waals surface area contributed by atoms with E-state index in [0.29, 0.717) is 0 Å². The Labute approximate surface area is 110 Å². The van der Waals surface area contributed by atoms with Gasteiger partial charge in [0.2, 0.25) is 0 Å². The zero-order valence-corrected chi connectivity index (χ0v) is 10.8. The first-order valence-electron chi connectivity index (χ1n) is 5.68. The van der Waals surface area contributed by atoms with Crippen LogP contribution in [0.3, 0.4) is 0 Å². The van der Waals surface area contributed by atoms with E-state index in [2.05, 4.69) is 34.6 Å². The van der Waals surface area contributed by atoms with Crippen molar-refractivity contribution in [2.75, 3.05) is 0 Å². The lowest BCUT2D eigenvalue weighted by atomic mass is 10.1. The van der Waals surface area contributed by atoms with Crippen molar-refractivity contribution in [2.24, 2.45) is 0 Å². The maximum Gasteiger partial charge on any atom is 0.106 e. The minimum atomic E-state index is 0.146. The van der Waals surface area contributed by atoms with Gasteiger partial charge in [0.25, 0.3) is 0 Å². The van der Waals surface area contributed by atoms with Crippen LogP contribution in [0.4, 0.5) is 0 Å². The first-order valence-corrected chi connectivity index (χ1v) is 7.00. The van der Waals surface area contributed by atoms with Crippen LogP contribution in [0, 0.1) is 0 Å². The minimum Gasteiger partial charge on any atom is -0.302 e. The lowest BCUT2D eigenvalue weighted by Crippen LogP contribution is -2.25. The second kappa shape index (κ2) is 4.77. The number of nitrogens with one attached hydrogen (secondary N) is 1. The Kier molecular flexibility index (Phi) is 3.14. The van der Waals surface area contributed by atoms with Crippen molar-refractivity contribution >= 4 is 22.9 Å². The highest BCUT2D eigenvalue weighted by Crippen LogP contribution is 2.34. The Morgan fingerprint density at radius 3 is 3.12 bits per heavy atom. The molecule has 1 aliphatic carbocycles. The van der Waals surface area contributed by atoms with Gasteiger partial charge in [-0.05, 0) is 17.5 Å². The van der Waals surface area contributed by atoms with E-state index >= 15 is 0 Å². The average molecular weight is 265 g/mol. The highest BCUT2D eigenvalue weighted by Gasteiger charge is 2.30. The standard InChI is InChI=1S/C13H13ClN2S/c14-11-7-9-3-1-2-4-10(9)13(11)16-8-12-15-5-6-17-12/h1-6,11,13,16H,7-8H2. The fourth-order valence-corrected chi connectivity index (χ4v) is 3.28. The smallest absolute Gasteiger partial charge is 0.106 e. The third kappa shape index (κ3) is 2.23. The zero-order chi connectivity index (χ0) is 11.7. The summed E-state index contributed by atoms with van der Waals surface area (Å²) in [7, 11) is 0. The first kappa shape index (κ1) is 11.2. The van der Waals surface area contributed by atoms with E-state index in [1.54, 1.807) is 11.3 Å². The first-order chi connectivity index (χ1) is 8.34. The van der Waals surface area contributed by atoms with Gasteiger partial charge in [-0.25, -0.2) is 4.98 Å². The molecule has 0 fully saturated rings. The number of hydrogen-bond donors (Lipinski definition) is 1. The number of hydrogen-bond acceptors (Lipinski definition) is 3. The molecule has 1 N–H and O–H groups in total. The molecule has 1 aromatic heterocycles. The topological polar surface area (TPSA) is 24.9 Å². The summed E-state index contributed by atoms with van der Waals surface area (Å²) >= 11 is 8.08. The highest BCUT2D eigenvalue weighted by atomic mass is 35.5. The fourth-order valence-electron chi connectivity index (χ4n) is 2.32. The molecule has 1 aromatic carbocycles. The molecule has 2 aromatic rings. The lowest BCUT2D eigenvalue weighted by molar-refractivity contribution is 0.535. The summed E-state index contributed by atoms with van der Waals surface area (Å²) in [6, 6.07) is 8.72. The van der Waals surface area contributed by atoms with Crippen molar-refractivity contribution in [3.63, 3.8) is 0 Å². The van der Waals surface area contributed by atoms with Crippen molar-refractivity contribution in [3.8, 4) is 0 Å². The van der Waals surface area contributed by atoms with Crippen LogP contribution in [0.15, 0.2) is 35.8 Å². The number of nitrogens with zero attached hydrogens (tertiary/aromatic N) is 1. The summed E-state index contributed by atoms with van der Waals surface area (Å²) in [4.78, 5) is 4.27. The molecule has 4 heteroatoms. The van der Waals surface area contributed by atoms with Crippen molar-refractivity contribution < 1.29 is 0 Å². The Hall–Kier alpha value is -0.900. The van der Waals surface area contributed by atoms with Gasteiger partial charge in [0.1, 0.15) is 5.01 Å². The van der Waals surface area contributed by atoms with E-state index in [4.69, 9.17) is 11.6 Å². The predicted octanol–water partition coefficient (Wildman–Crippen LogP) is 3.14. The Bertz CT molecular complexity index is 498. The minimum absolute atomic E-state index is 0.146. The predicted molar refractivity (Wildman–Crippen MR) is 71.5 cm³/mol. The van der Waals surface area contributed by atoms with Crippen LogP contribution in [-0.4, -0.2) is 10.4 Å².